The Morgan fingerprint density at radius 1 is 1.38 bits per heavy atom. The molecule has 1 N–H and O–H groups in total. The number of carbonyl (C=O) groups is 1. The number of carbonyl (C=O) groups excluding carboxylic acids is 1. The van der Waals surface area contributed by atoms with E-state index in [4.69, 9.17) is 0 Å². The standard InChI is InChI=1S/C15H15N3O3/c1-17-8-6-10-9-18(16-7-5-13(20)21-2)15-12(19)4-3-11(17)14(10)15/h3-4,6,8-9H,5,7H2,1-2H3/p+1. The Bertz CT molecular complexity index is 869. The second-order valence-electron chi connectivity index (χ2n) is 4.92. The highest BCUT2D eigenvalue weighted by Gasteiger charge is 2.21. The van der Waals surface area contributed by atoms with Crippen molar-refractivity contribution in [2.24, 2.45) is 7.05 Å². The summed E-state index contributed by atoms with van der Waals surface area (Å²) in [6.45, 7) is 0.402. The first-order chi connectivity index (χ1) is 10.1. The molecule has 2 heterocycles. The van der Waals surface area contributed by atoms with E-state index in [1.54, 1.807) is 10.7 Å². The van der Waals surface area contributed by atoms with E-state index in [1.807, 2.05) is 36.1 Å². The SMILES string of the molecule is COC(=O)CCN[n+]1cc2ccn(C)c3ccc(=O)c1c23. The number of hydrogen-bond acceptors (Lipinski definition) is 4. The monoisotopic (exact) mass is 286 g/mol. The van der Waals surface area contributed by atoms with Gasteiger partial charge in [0.2, 0.25) is 6.20 Å². The number of aryl methyl sites for hydroxylation is 1. The Balaban J connectivity index is 2.06. The van der Waals surface area contributed by atoms with E-state index in [9.17, 15) is 9.59 Å². The zero-order valence-corrected chi connectivity index (χ0v) is 11.9. The minimum atomic E-state index is -0.286. The smallest absolute Gasteiger partial charge is 0.307 e. The van der Waals surface area contributed by atoms with Crippen LogP contribution in [-0.2, 0) is 16.6 Å². The van der Waals surface area contributed by atoms with Crippen molar-refractivity contribution in [3.05, 3.63) is 40.8 Å². The number of esters is 1. The number of methoxy groups -OCH3 is 1. The highest BCUT2D eigenvalue weighted by molar-refractivity contribution is 6.05. The van der Waals surface area contributed by atoms with Gasteiger partial charge >= 0.3 is 5.97 Å². The van der Waals surface area contributed by atoms with Crippen LogP contribution in [0.4, 0.5) is 0 Å². The minimum absolute atomic E-state index is 0.0470. The number of nitrogens with zero attached hydrogens (tertiary/aromatic N) is 2. The molecule has 0 unspecified atom stereocenters. The van der Waals surface area contributed by atoms with Gasteiger partial charge in [-0.2, -0.15) is 5.43 Å². The molecule has 0 saturated carbocycles. The summed E-state index contributed by atoms with van der Waals surface area (Å²) in [4.78, 5) is 23.3. The number of rotatable bonds is 4. The van der Waals surface area contributed by atoms with Gasteiger partial charge in [0.1, 0.15) is 0 Å². The van der Waals surface area contributed by atoms with E-state index >= 15 is 0 Å². The van der Waals surface area contributed by atoms with Crippen molar-refractivity contribution in [2.75, 3.05) is 19.1 Å². The van der Waals surface area contributed by atoms with Gasteiger partial charge in [0.25, 0.3) is 10.9 Å². The predicted molar refractivity (Wildman–Crippen MR) is 78.9 cm³/mol. The second-order valence-corrected chi connectivity index (χ2v) is 4.92. The van der Waals surface area contributed by atoms with Crippen LogP contribution in [0.25, 0.3) is 21.8 Å². The van der Waals surface area contributed by atoms with Crippen LogP contribution in [0, 0.1) is 0 Å². The number of benzene rings is 1. The lowest BCUT2D eigenvalue weighted by Crippen LogP contribution is -2.46. The lowest BCUT2D eigenvalue weighted by Gasteiger charge is -2.02. The van der Waals surface area contributed by atoms with Crippen molar-refractivity contribution >= 4 is 27.8 Å². The predicted octanol–water partition coefficient (Wildman–Crippen LogP) is 0.524. The Kier molecular flexibility index (Phi) is 3.21. The molecule has 0 saturated heterocycles. The van der Waals surface area contributed by atoms with Crippen molar-refractivity contribution in [3.63, 3.8) is 0 Å². The molecule has 21 heavy (non-hydrogen) atoms. The molecule has 6 nitrogen and oxygen atoms in total. The Hall–Kier alpha value is -2.63. The summed E-state index contributed by atoms with van der Waals surface area (Å²) < 4.78 is 8.28. The molecule has 0 aliphatic carbocycles. The molecule has 0 spiro atoms. The van der Waals surface area contributed by atoms with E-state index < -0.39 is 0 Å². The molecule has 108 valence electrons. The summed E-state index contributed by atoms with van der Waals surface area (Å²) >= 11 is 0. The van der Waals surface area contributed by atoms with Crippen LogP contribution in [0.5, 0.6) is 0 Å². The molecule has 1 aromatic carbocycles. The molecule has 3 rings (SSSR count). The van der Waals surface area contributed by atoms with Crippen molar-refractivity contribution in [1.29, 1.82) is 0 Å². The Morgan fingerprint density at radius 2 is 2.19 bits per heavy atom. The molecule has 6 heteroatoms. The Labute approximate surface area is 120 Å². The zero-order chi connectivity index (χ0) is 15.0. The summed E-state index contributed by atoms with van der Waals surface area (Å²) in [5, 5.41) is 1.92. The number of hydrogen-bond donors (Lipinski definition) is 1. The number of aromatic nitrogens is 2. The molecular weight excluding hydrogens is 270 g/mol. The summed E-state index contributed by atoms with van der Waals surface area (Å²) in [5.41, 5.74) is 4.63. The molecule has 2 aromatic heterocycles. The maximum Gasteiger partial charge on any atom is 0.307 e. The third kappa shape index (κ3) is 2.18. The van der Waals surface area contributed by atoms with Crippen LogP contribution < -0.4 is 15.5 Å². The van der Waals surface area contributed by atoms with Crippen LogP contribution in [0.2, 0.25) is 0 Å². The van der Waals surface area contributed by atoms with Gasteiger partial charge in [-0.1, -0.05) is 4.68 Å². The zero-order valence-electron chi connectivity index (χ0n) is 11.9. The fraction of sp³-hybridized carbons (Fsp3) is 0.267. The second kappa shape index (κ2) is 5.05. The third-order valence-corrected chi connectivity index (χ3v) is 3.61. The van der Waals surface area contributed by atoms with Gasteiger partial charge in [-0.25, -0.2) is 0 Å². The van der Waals surface area contributed by atoms with E-state index in [2.05, 4.69) is 10.2 Å². The molecule has 0 bridgehead atoms. The van der Waals surface area contributed by atoms with Gasteiger partial charge in [0, 0.05) is 13.2 Å². The highest BCUT2D eigenvalue weighted by Crippen LogP contribution is 2.21. The summed E-state index contributed by atoms with van der Waals surface area (Å²) in [6, 6.07) is 5.36. The molecule has 0 amide bonds. The first-order valence-corrected chi connectivity index (χ1v) is 6.68. The van der Waals surface area contributed by atoms with Crippen molar-refractivity contribution in [1.82, 2.24) is 4.57 Å². The van der Waals surface area contributed by atoms with E-state index in [1.165, 1.54) is 7.11 Å². The lowest BCUT2D eigenvalue weighted by atomic mass is 10.1. The lowest BCUT2D eigenvalue weighted by molar-refractivity contribution is -0.620. The summed E-state index contributed by atoms with van der Waals surface area (Å²) in [7, 11) is 3.30. The topological polar surface area (TPSA) is 64.2 Å². The van der Waals surface area contributed by atoms with Crippen LogP contribution >= 0.6 is 0 Å². The molecule has 0 radical (unpaired) electrons. The molecule has 0 fully saturated rings. The average Bonchev–Trinajstić information content (AvgIpc) is 2.85. The number of ether oxygens (including phenoxy) is 1. The number of pyridine rings is 1. The van der Waals surface area contributed by atoms with Crippen LogP contribution in [0.3, 0.4) is 0 Å². The molecule has 0 aliphatic heterocycles. The highest BCUT2D eigenvalue weighted by atomic mass is 16.5. The first kappa shape index (κ1) is 13.4. The largest absolute Gasteiger partial charge is 0.469 e. The molecule has 3 aromatic rings. The van der Waals surface area contributed by atoms with E-state index in [0.717, 1.165) is 16.3 Å². The molecular formula is C15H16N3O3+. The molecule has 0 atom stereocenters. The van der Waals surface area contributed by atoms with Gasteiger partial charge in [0.05, 0.1) is 36.4 Å². The van der Waals surface area contributed by atoms with Gasteiger partial charge < -0.3 is 9.30 Å². The summed E-state index contributed by atoms with van der Waals surface area (Å²) in [6.07, 6.45) is 4.08. The average molecular weight is 286 g/mol. The van der Waals surface area contributed by atoms with E-state index in [0.29, 0.717) is 12.1 Å². The maximum atomic E-state index is 12.2. The maximum absolute atomic E-state index is 12.2. The van der Waals surface area contributed by atoms with Crippen LogP contribution in [0.15, 0.2) is 35.4 Å². The number of nitrogens with one attached hydrogen (secondary N) is 1. The van der Waals surface area contributed by atoms with Crippen molar-refractivity contribution in [2.45, 2.75) is 6.42 Å². The van der Waals surface area contributed by atoms with Crippen LogP contribution in [0.1, 0.15) is 6.42 Å². The fourth-order valence-corrected chi connectivity index (χ4v) is 2.55. The summed E-state index contributed by atoms with van der Waals surface area (Å²) in [5.74, 6) is -0.286. The van der Waals surface area contributed by atoms with E-state index in [-0.39, 0.29) is 17.8 Å². The van der Waals surface area contributed by atoms with Gasteiger partial charge in [-0.15, -0.1) is 0 Å². The van der Waals surface area contributed by atoms with Gasteiger partial charge in [-0.05, 0) is 18.2 Å². The van der Waals surface area contributed by atoms with Gasteiger partial charge in [0.15, 0.2) is 0 Å². The van der Waals surface area contributed by atoms with Crippen LogP contribution in [-0.4, -0.2) is 24.2 Å². The third-order valence-electron chi connectivity index (χ3n) is 3.61. The van der Waals surface area contributed by atoms with Gasteiger partial charge in [-0.3, -0.25) is 9.59 Å². The fourth-order valence-electron chi connectivity index (χ4n) is 2.55. The first-order valence-electron chi connectivity index (χ1n) is 6.68. The molecule has 0 aliphatic rings. The quantitative estimate of drug-likeness (QED) is 0.561. The minimum Gasteiger partial charge on any atom is -0.469 e. The van der Waals surface area contributed by atoms with Crippen molar-refractivity contribution < 1.29 is 14.2 Å². The Morgan fingerprint density at radius 3 is 2.95 bits per heavy atom. The van der Waals surface area contributed by atoms with Crippen molar-refractivity contribution in [3.8, 4) is 0 Å². The normalized spacial score (nSPS) is 11.1.